The molecule has 0 saturated carbocycles. The molecule has 1 aromatic rings. The number of carbonyl (C=O) groups is 2. The Bertz CT molecular complexity index is 491. The monoisotopic (exact) mass is 295 g/mol. The molecule has 2 amide bonds. The molecule has 116 valence electrons. The van der Waals surface area contributed by atoms with E-state index in [0.717, 1.165) is 0 Å². The maximum absolute atomic E-state index is 11.8. The Morgan fingerprint density at radius 3 is 2.48 bits per heavy atom. The Balaban J connectivity index is 2.86. The van der Waals surface area contributed by atoms with Crippen LogP contribution in [0.4, 0.5) is 11.4 Å². The third-order valence-corrected chi connectivity index (χ3v) is 2.66. The summed E-state index contributed by atoms with van der Waals surface area (Å²) in [6.45, 7) is 0.384. The fourth-order valence-corrected chi connectivity index (χ4v) is 1.66. The second-order valence-corrected chi connectivity index (χ2v) is 4.33. The first-order valence-corrected chi connectivity index (χ1v) is 6.57. The number of benzene rings is 1. The third kappa shape index (κ3) is 5.80. The van der Waals surface area contributed by atoms with Crippen LogP contribution in [-0.2, 0) is 14.3 Å². The summed E-state index contributed by atoms with van der Waals surface area (Å²) in [7, 11) is 2.96. The lowest BCUT2D eigenvalue weighted by Crippen LogP contribution is -2.20. The minimum absolute atomic E-state index is 0.0629. The molecule has 7 nitrogen and oxygen atoms in total. The number of hydrogen-bond donors (Lipinski definition) is 3. The van der Waals surface area contributed by atoms with E-state index in [-0.39, 0.29) is 18.4 Å². The smallest absolute Gasteiger partial charge is 0.250 e. The number of rotatable bonds is 8. The van der Waals surface area contributed by atoms with Gasteiger partial charge in [0.2, 0.25) is 11.8 Å². The molecule has 21 heavy (non-hydrogen) atoms. The molecule has 0 bridgehead atoms. The molecule has 0 heterocycles. The molecule has 0 unspecified atom stereocenters. The molecule has 1 rings (SSSR count). The van der Waals surface area contributed by atoms with Gasteiger partial charge in [-0.2, -0.15) is 0 Å². The van der Waals surface area contributed by atoms with Crippen LogP contribution in [0.1, 0.15) is 12.8 Å². The van der Waals surface area contributed by atoms with Gasteiger partial charge in [-0.25, -0.2) is 0 Å². The number of nitrogens with two attached hydrogens (primary N) is 1. The van der Waals surface area contributed by atoms with E-state index < -0.39 is 0 Å². The van der Waals surface area contributed by atoms with E-state index in [0.29, 0.717) is 36.5 Å². The lowest BCUT2D eigenvalue weighted by molar-refractivity contribution is -0.119. The number of ether oxygens (including phenoxy) is 2. The van der Waals surface area contributed by atoms with Crippen molar-refractivity contribution in [2.24, 2.45) is 5.73 Å². The molecule has 0 aromatic heterocycles. The molecule has 4 N–H and O–H groups in total. The first-order valence-electron chi connectivity index (χ1n) is 6.57. The Morgan fingerprint density at radius 2 is 1.86 bits per heavy atom. The zero-order valence-electron chi connectivity index (χ0n) is 12.3. The maximum Gasteiger partial charge on any atom is 0.250 e. The van der Waals surface area contributed by atoms with Crippen molar-refractivity contribution in [2.75, 3.05) is 38.0 Å². The number of nitrogens with one attached hydrogen (secondary N) is 2. The Labute approximate surface area is 123 Å². The summed E-state index contributed by atoms with van der Waals surface area (Å²) in [5.41, 5.74) is 6.33. The first-order chi connectivity index (χ1) is 10.1. The minimum Gasteiger partial charge on any atom is -0.497 e. The predicted molar refractivity (Wildman–Crippen MR) is 80.4 cm³/mol. The largest absolute Gasteiger partial charge is 0.497 e. The highest BCUT2D eigenvalue weighted by Gasteiger charge is 2.11. The van der Waals surface area contributed by atoms with Crippen molar-refractivity contribution in [2.45, 2.75) is 12.8 Å². The van der Waals surface area contributed by atoms with Gasteiger partial charge in [0.1, 0.15) is 12.4 Å². The molecular weight excluding hydrogens is 274 g/mol. The van der Waals surface area contributed by atoms with Gasteiger partial charge in [-0.1, -0.05) is 0 Å². The van der Waals surface area contributed by atoms with Crippen LogP contribution in [0.2, 0.25) is 0 Å². The van der Waals surface area contributed by atoms with Crippen LogP contribution in [-0.4, -0.2) is 39.2 Å². The maximum atomic E-state index is 11.8. The zero-order chi connectivity index (χ0) is 15.7. The van der Waals surface area contributed by atoms with Gasteiger partial charge in [-0.15, -0.1) is 0 Å². The molecule has 0 aliphatic rings. The second kappa shape index (κ2) is 8.93. The van der Waals surface area contributed by atoms with E-state index >= 15 is 0 Å². The Hall–Kier alpha value is -2.12. The number of carbonyl (C=O) groups excluding carboxylic acids is 2. The van der Waals surface area contributed by atoms with Crippen LogP contribution in [0.3, 0.4) is 0 Å². The van der Waals surface area contributed by atoms with Crippen molar-refractivity contribution >= 4 is 23.2 Å². The molecule has 7 heteroatoms. The average molecular weight is 295 g/mol. The number of hydrogen-bond acceptors (Lipinski definition) is 5. The summed E-state index contributed by atoms with van der Waals surface area (Å²) >= 11 is 0. The van der Waals surface area contributed by atoms with Gasteiger partial charge in [0.25, 0.3) is 0 Å². The van der Waals surface area contributed by atoms with Crippen molar-refractivity contribution < 1.29 is 19.1 Å². The lowest BCUT2D eigenvalue weighted by atomic mass is 10.2. The van der Waals surface area contributed by atoms with Crippen LogP contribution in [0.25, 0.3) is 0 Å². The van der Waals surface area contributed by atoms with E-state index in [4.69, 9.17) is 15.2 Å². The summed E-state index contributed by atoms with van der Waals surface area (Å²) in [4.78, 5) is 23.4. The molecule has 1 aromatic carbocycles. The normalized spacial score (nSPS) is 10.0. The topological polar surface area (TPSA) is 103 Å². The molecule has 0 saturated heterocycles. The Kier molecular flexibility index (Phi) is 7.20. The van der Waals surface area contributed by atoms with Crippen molar-refractivity contribution in [1.29, 1.82) is 0 Å². The summed E-state index contributed by atoms with van der Waals surface area (Å²) in [6, 6.07) is 4.99. The van der Waals surface area contributed by atoms with Crippen LogP contribution in [0.5, 0.6) is 5.75 Å². The fraction of sp³-hybridized carbons (Fsp3) is 0.429. The van der Waals surface area contributed by atoms with Gasteiger partial charge in [-0.05, 0) is 25.1 Å². The molecule has 0 aliphatic carbocycles. The molecule has 0 radical (unpaired) electrons. The molecule has 0 spiro atoms. The second-order valence-electron chi connectivity index (χ2n) is 4.33. The highest BCUT2D eigenvalue weighted by molar-refractivity contribution is 6.00. The van der Waals surface area contributed by atoms with Gasteiger partial charge >= 0.3 is 0 Å². The molecule has 0 fully saturated rings. The quantitative estimate of drug-likeness (QED) is 0.663. The van der Waals surface area contributed by atoms with E-state index in [1.54, 1.807) is 18.2 Å². The minimum atomic E-state index is -0.305. The van der Waals surface area contributed by atoms with E-state index in [9.17, 15) is 9.59 Å². The van der Waals surface area contributed by atoms with E-state index in [2.05, 4.69) is 10.6 Å². The van der Waals surface area contributed by atoms with E-state index in [1.165, 1.54) is 14.2 Å². The predicted octanol–water partition coefficient (Wildman–Crippen LogP) is 0.957. The Morgan fingerprint density at radius 1 is 1.14 bits per heavy atom. The third-order valence-electron chi connectivity index (χ3n) is 2.66. The zero-order valence-corrected chi connectivity index (χ0v) is 12.3. The summed E-state index contributed by atoms with van der Waals surface area (Å²) in [5.74, 6) is 0.102. The molecule has 0 aliphatic heterocycles. The van der Waals surface area contributed by atoms with Gasteiger partial charge in [0.05, 0.1) is 18.5 Å². The summed E-state index contributed by atoms with van der Waals surface area (Å²) in [6.07, 6.45) is 0.917. The highest BCUT2D eigenvalue weighted by atomic mass is 16.5. The van der Waals surface area contributed by atoms with Crippen LogP contribution in [0.15, 0.2) is 18.2 Å². The van der Waals surface area contributed by atoms with Gasteiger partial charge < -0.3 is 25.8 Å². The number of methoxy groups -OCH3 is 2. The molecule has 0 atom stereocenters. The average Bonchev–Trinajstić information content (AvgIpc) is 2.47. The highest BCUT2D eigenvalue weighted by Crippen LogP contribution is 2.27. The number of amides is 2. The van der Waals surface area contributed by atoms with Crippen molar-refractivity contribution in [3.8, 4) is 5.75 Å². The van der Waals surface area contributed by atoms with Crippen molar-refractivity contribution in [1.82, 2.24) is 0 Å². The standard InChI is InChI=1S/C14H21N3O4/c1-20-9-14(19)16-11-6-5-10(21-2)8-12(11)17-13(18)4-3-7-15/h5-6,8H,3-4,7,9,15H2,1-2H3,(H,16,19)(H,17,18). The van der Waals surface area contributed by atoms with Crippen molar-refractivity contribution in [3.05, 3.63) is 18.2 Å². The first kappa shape index (κ1) is 16.9. The lowest BCUT2D eigenvalue weighted by Gasteiger charge is -2.13. The van der Waals surface area contributed by atoms with Gasteiger partial charge in [0, 0.05) is 19.6 Å². The van der Waals surface area contributed by atoms with Crippen LogP contribution in [0, 0.1) is 0 Å². The van der Waals surface area contributed by atoms with Crippen LogP contribution >= 0.6 is 0 Å². The van der Waals surface area contributed by atoms with E-state index in [1.807, 2.05) is 0 Å². The summed E-state index contributed by atoms with van der Waals surface area (Å²) < 4.78 is 9.87. The van der Waals surface area contributed by atoms with Gasteiger partial charge in [0.15, 0.2) is 0 Å². The van der Waals surface area contributed by atoms with Crippen LogP contribution < -0.4 is 21.1 Å². The molecular formula is C14H21N3O4. The SMILES string of the molecule is COCC(=O)Nc1ccc(OC)cc1NC(=O)CCCN. The summed E-state index contributed by atoms with van der Waals surface area (Å²) in [5, 5.41) is 5.40. The van der Waals surface area contributed by atoms with Crippen molar-refractivity contribution in [3.63, 3.8) is 0 Å². The van der Waals surface area contributed by atoms with Gasteiger partial charge in [-0.3, -0.25) is 9.59 Å². The fourth-order valence-electron chi connectivity index (χ4n) is 1.66. The number of anilines is 2.